The molecule has 0 radical (unpaired) electrons. The molecule has 0 atom stereocenters. The molecule has 0 amide bonds. The summed E-state index contributed by atoms with van der Waals surface area (Å²) in [5.41, 5.74) is 5.61. The molecule has 1 aliphatic rings. The Kier molecular flexibility index (Phi) is 5.99. The predicted molar refractivity (Wildman–Crippen MR) is 84.8 cm³/mol. The predicted octanol–water partition coefficient (Wildman–Crippen LogP) is 3.25. The number of benzene rings is 1. The Hall–Kier alpha value is -1.37. The third-order valence-corrected chi connectivity index (χ3v) is 4.65. The highest BCUT2D eigenvalue weighted by molar-refractivity contribution is 7.99. The topological polar surface area (TPSA) is 50.4 Å². The fraction of sp³-hybridized carbons (Fsp3) is 0.533. The molecule has 0 saturated carbocycles. The first-order valence-electron chi connectivity index (χ1n) is 7.23. The van der Waals surface area contributed by atoms with E-state index in [1.807, 2.05) is 11.8 Å². The maximum Gasteiger partial charge on any atom is 0.416 e. The van der Waals surface area contributed by atoms with Gasteiger partial charge in [0.15, 0.2) is 5.96 Å². The van der Waals surface area contributed by atoms with E-state index < -0.39 is 11.7 Å². The Bertz CT molecular complexity index is 511. The van der Waals surface area contributed by atoms with Crippen LogP contribution in [-0.4, -0.2) is 24.0 Å². The molecule has 0 unspecified atom stereocenters. The Labute approximate surface area is 132 Å². The zero-order chi connectivity index (χ0) is 16.0. The number of hydrogen-bond donors (Lipinski definition) is 2. The first kappa shape index (κ1) is 17.0. The average Bonchev–Trinajstić information content (AvgIpc) is 2.51. The summed E-state index contributed by atoms with van der Waals surface area (Å²) >= 11 is 1.96. The summed E-state index contributed by atoms with van der Waals surface area (Å²) in [7, 11) is 0. The smallest absolute Gasteiger partial charge is 0.370 e. The van der Waals surface area contributed by atoms with Gasteiger partial charge in [-0.3, -0.25) is 0 Å². The molecule has 0 spiro atoms. The van der Waals surface area contributed by atoms with Crippen molar-refractivity contribution in [2.45, 2.75) is 25.6 Å². The molecule has 1 fully saturated rings. The quantitative estimate of drug-likeness (QED) is 0.658. The zero-order valence-electron chi connectivity index (χ0n) is 12.2. The van der Waals surface area contributed by atoms with E-state index in [1.165, 1.54) is 30.4 Å². The van der Waals surface area contributed by atoms with Crippen LogP contribution in [0.5, 0.6) is 0 Å². The number of guanidine groups is 1. The minimum atomic E-state index is -4.33. The summed E-state index contributed by atoms with van der Waals surface area (Å²) in [6.45, 7) is 0.918. The van der Waals surface area contributed by atoms with Crippen molar-refractivity contribution < 1.29 is 13.2 Å². The van der Waals surface area contributed by atoms with Crippen molar-refractivity contribution in [3.63, 3.8) is 0 Å². The lowest BCUT2D eigenvalue weighted by atomic mass is 10.0. The molecular formula is C15H20F3N3S. The number of aliphatic imine (C=N–C) groups is 1. The third kappa shape index (κ3) is 5.44. The van der Waals surface area contributed by atoms with Crippen molar-refractivity contribution in [3.8, 4) is 0 Å². The molecule has 2 rings (SSSR count). The zero-order valence-corrected chi connectivity index (χ0v) is 13.0. The number of hydrogen-bond acceptors (Lipinski definition) is 2. The highest BCUT2D eigenvalue weighted by atomic mass is 32.2. The summed E-state index contributed by atoms with van der Waals surface area (Å²) in [4.78, 5) is 4.11. The molecule has 1 aliphatic heterocycles. The molecule has 122 valence electrons. The number of nitrogens with zero attached hydrogens (tertiary/aromatic N) is 1. The molecule has 1 aromatic carbocycles. The van der Waals surface area contributed by atoms with Crippen LogP contribution in [0.4, 0.5) is 13.2 Å². The van der Waals surface area contributed by atoms with Crippen molar-refractivity contribution in [2.75, 3.05) is 18.1 Å². The van der Waals surface area contributed by atoms with Crippen LogP contribution in [0.25, 0.3) is 0 Å². The first-order chi connectivity index (χ1) is 10.4. The van der Waals surface area contributed by atoms with E-state index in [-0.39, 0.29) is 12.5 Å². The Morgan fingerprint density at radius 1 is 1.32 bits per heavy atom. The maximum absolute atomic E-state index is 12.6. The maximum atomic E-state index is 12.6. The van der Waals surface area contributed by atoms with E-state index in [0.29, 0.717) is 11.5 Å². The van der Waals surface area contributed by atoms with E-state index in [9.17, 15) is 13.2 Å². The van der Waals surface area contributed by atoms with E-state index in [1.54, 1.807) is 6.07 Å². The Balaban J connectivity index is 1.85. The molecule has 0 aromatic heterocycles. The normalized spacial score (nSPS) is 17.5. The van der Waals surface area contributed by atoms with Gasteiger partial charge in [-0.2, -0.15) is 24.9 Å². The first-order valence-corrected chi connectivity index (χ1v) is 8.38. The fourth-order valence-electron chi connectivity index (χ4n) is 2.28. The fourth-order valence-corrected chi connectivity index (χ4v) is 3.48. The summed E-state index contributed by atoms with van der Waals surface area (Å²) in [6, 6.07) is 5.16. The van der Waals surface area contributed by atoms with Gasteiger partial charge in [-0.15, -0.1) is 0 Å². The van der Waals surface area contributed by atoms with Gasteiger partial charge in [0.25, 0.3) is 0 Å². The number of halogens is 3. The molecule has 1 aromatic rings. The molecule has 22 heavy (non-hydrogen) atoms. The van der Waals surface area contributed by atoms with Crippen molar-refractivity contribution in [3.05, 3.63) is 35.4 Å². The summed E-state index contributed by atoms with van der Waals surface area (Å²) in [5.74, 6) is 3.24. The van der Waals surface area contributed by atoms with Gasteiger partial charge in [0.05, 0.1) is 12.1 Å². The second-order valence-corrected chi connectivity index (χ2v) is 6.56. The van der Waals surface area contributed by atoms with Gasteiger partial charge < -0.3 is 11.1 Å². The van der Waals surface area contributed by atoms with Crippen LogP contribution >= 0.6 is 11.8 Å². The van der Waals surface area contributed by atoms with Gasteiger partial charge in [-0.25, -0.2) is 4.99 Å². The molecule has 1 heterocycles. The van der Waals surface area contributed by atoms with Crippen LogP contribution in [0.15, 0.2) is 29.3 Å². The number of nitrogens with one attached hydrogen (secondary N) is 1. The van der Waals surface area contributed by atoms with Gasteiger partial charge >= 0.3 is 6.18 Å². The van der Waals surface area contributed by atoms with Crippen LogP contribution in [0, 0.1) is 5.92 Å². The largest absolute Gasteiger partial charge is 0.416 e. The van der Waals surface area contributed by atoms with E-state index in [2.05, 4.69) is 10.3 Å². The molecule has 0 aliphatic carbocycles. The minimum absolute atomic E-state index is 0.142. The van der Waals surface area contributed by atoms with Gasteiger partial charge in [0.1, 0.15) is 0 Å². The molecular weight excluding hydrogens is 311 g/mol. The van der Waals surface area contributed by atoms with E-state index >= 15 is 0 Å². The highest BCUT2D eigenvalue weighted by Crippen LogP contribution is 2.29. The lowest BCUT2D eigenvalue weighted by molar-refractivity contribution is -0.137. The lowest BCUT2D eigenvalue weighted by Gasteiger charge is -2.21. The van der Waals surface area contributed by atoms with Crippen molar-refractivity contribution in [2.24, 2.45) is 16.6 Å². The highest BCUT2D eigenvalue weighted by Gasteiger charge is 2.30. The minimum Gasteiger partial charge on any atom is -0.370 e. The summed E-state index contributed by atoms with van der Waals surface area (Å²) in [6.07, 6.45) is -2.00. The third-order valence-electron chi connectivity index (χ3n) is 3.60. The van der Waals surface area contributed by atoms with E-state index in [0.717, 1.165) is 18.7 Å². The monoisotopic (exact) mass is 331 g/mol. The average molecular weight is 331 g/mol. The summed E-state index contributed by atoms with van der Waals surface area (Å²) in [5, 5.41) is 3.06. The molecule has 3 N–H and O–H groups in total. The number of thioether (sulfide) groups is 1. The number of rotatable bonds is 4. The summed E-state index contributed by atoms with van der Waals surface area (Å²) < 4.78 is 37.9. The Morgan fingerprint density at radius 3 is 2.73 bits per heavy atom. The van der Waals surface area contributed by atoms with Gasteiger partial charge in [0.2, 0.25) is 0 Å². The standard InChI is InChI=1S/C15H20F3N3S/c16-15(17,18)13-3-1-2-12(8-13)10-21-14(19)20-9-11-4-6-22-7-5-11/h1-3,8,11H,4-7,9-10H2,(H3,19,20,21). The lowest BCUT2D eigenvalue weighted by Crippen LogP contribution is -2.36. The number of nitrogens with two attached hydrogens (primary N) is 1. The molecule has 7 heteroatoms. The van der Waals surface area contributed by atoms with Crippen LogP contribution in [-0.2, 0) is 12.7 Å². The van der Waals surface area contributed by atoms with Crippen molar-refractivity contribution in [1.29, 1.82) is 0 Å². The van der Waals surface area contributed by atoms with Crippen molar-refractivity contribution >= 4 is 17.7 Å². The van der Waals surface area contributed by atoms with Crippen LogP contribution < -0.4 is 11.1 Å². The van der Waals surface area contributed by atoms with Crippen LogP contribution in [0.2, 0.25) is 0 Å². The van der Waals surface area contributed by atoms with Gasteiger partial charge in [0, 0.05) is 6.54 Å². The SMILES string of the molecule is NC(=NCc1cccc(C(F)(F)F)c1)NCC1CCSCC1. The van der Waals surface area contributed by atoms with Crippen molar-refractivity contribution in [1.82, 2.24) is 5.32 Å². The van der Waals surface area contributed by atoms with Gasteiger partial charge in [-0.1, -0.05) is 12.1 Å². The second-order valence-electron chi connectivity index (χ2n) is 5.34. The molecule has 3 nitrogen and oxygen atoms in total. The van der Waals surface area contributed by atoms with Crippen LogP contribution in [0.3, 0.4) is 0 Å². The van der Waals surface area contributed by atoms with E-state index in [4.69, 9.17) is 5.73 Å². The molecule has 1 saturated heterocycles. The molecule has 0 bridgehead atoms. The van der Waals surface area contributed by atoms with Gasteiger partial charge in [-0.05, 0) is 48.0 Å². The van der Waals surface area contributed by atoms with Crippen LogP contribution in [0.1, 0.15) is 24.0 Å². The Morgan fingerprint density at radius 2 is 2.05 bits per heavy atom. The second kappa shape index (κ2) is 7.76. The number of alkyl halides is 3.